The number of primary amides is 1. The van der Waals surface area contributed by atoms with Crippen molar-refractivity contribution in [2.75, 3.05) is 6.54 Å². The zero-order chi connectivity index (χ0) is 14.3. The number of nitrogens with one attached hydrogen (secondary N) is 1. The molecule has 0 aliphatic heterocycles. The number of rotatable bonds is 7. The monoisotopic (exact) mass is 279 g/mol. The Labute approximate surface area is 122 Å². The molecule has 20 heavy (non-hydrogen) atoms. The van der Waals surface area contributed by atoms with E-state index in [1.54, 1.807) is 0 Å². The first-order valence-corrected chi connectivity index (χ1v) is 8.33. The molecule has 0 heterocycles. The van der Waals surface area contributed by atoms with Gasteiger partial charge in [-0.05, 0) is 64.7 Å². The molecular weight excluding hydrogens is 250 g/mol. The summed E-state index contributed by atoms with van der Waals surface area (Å²) >= 11 is 0. The molecule has 3 rings (SSSR count). The highest BCUT2D eigenvalue weighted by Gasteiger charge is 2.48. The normalized spacial score (nSPS) is 34.1. The van der Waals surface area contributed by atoms with Gasteiger partial charge in [0.2, 0.25) is 5.91 Å². The van der Waals surface area contributed by atoms with Crippen LogP contribution in [0.1, 0.15) is 58.8 Å². The van der Waals surface area contributed by atoms with Gasteiger partial charge in [-0.15, -0.1) is 0 Å². The lowest BCUT2D eigenvalue weighted by Crippen LogP contribution is -2.55. The summed E-state index contributed by atoms with van der Waals surface area (Å²) in [6.07, 6.45) is 8.11. The van der Waals surface area contributed by atoms with Gasteiger partial charge in [0.15, 0.2) is 0 Å². The minimum absolute atomic E-state index is 0.137. The number of nitrogens with two attached hydrogens (primary N) is 1. The quantitative estimate of drug-likeness (QED) is 0.745. The summed E-state index contributed by atoms with van der Waals surface area (Å²) in [7, 11) is 0. The molecule has 0 aromatic carbocycles. The molecule has 0 saturated heterocycles. The average molecular weight is 279 g/mol. The summed E-state index contributed by atoms with van der Waals surface area (Å²) in [5.41, 5.74) is 5.31. The van der Waals surface area contributed by atoms with Gasteiger partial charge in [0.1, 0.15) is 0 Å². The molecule has 4 heteroatoms. The minimum Gasteiger partial charge on any atom is -0.368 e. The Morgan fingerprint density at radius 3 is 2.50 bits per heavy atom. The maximum atomic E-state index is 12.0. The standard InChI is InChI=1S/C16H29N3O/c1-11(2)19(10-12-3-4-12)14-7-8-16(9-14,15(17)20)18-13-5-6-13/h11-14,18H,3-10H2,1-2H3,(H2,17,20). The number of hydrogen-bond acceptors (Lipinski definition) is 3. The molecule has 114 valence electrons. The molecule has 0 aromatic heterocycles. The Balaban J connectivity index is 1.66. The first kappa shape index (κ1) is 14.3. The van der Waals surface area contributed by atoms with E-state index in [0.717, 1.165) is 25.2 Å². The van der Waals surface area contributed by atoms with Crippen molar-refractivity contribution in [1.82, 2.24) is 10.2 Å². The zero-order valence-corrected chi connectivity index (χ0v) is 12.9. The maximum absolute atomic E-state index is 12.0. The number of amides is 1. The van der Waals surface area contributed by atoms with Crippen molar-refractivity contribution in [3.05, 3.63) is 0 Å². The predicted octanol–water partition coefficient (Wildman–Crippen LogP) is 1.64. The lowest BCUT2D eigenvalue weighted by molar-refractivity contribution is -0.124. The summed E-state index contributed by atoms with van der Waals surface area (Å²) < 4.78 is 0. The van der Waals surface area contributed by atoms with Crippen LogP contribution in [-0.4, -0.2) is 41.0 Å². The van der Waals surface area contributed by atoms with Crippen molar-refractivity contribution in [1.29, 1.82) is 0 Å². The lowest BCUT2D eigenvalue weighted by atomic mass is 9.95. The highest BCUT2D eigenvalue weighted by Crippen LogP contribution is 2.39. The topological polar surface area (TPSA) is 58.4 Å². The third-order valence-electron chi connectivity index (χ3n) is 5.32. The van der Waals surface area contributed by atoms with Crippen LogP contribution < -0.4 is 11.1 Å². The van der Waals surface area contributed by atoms with E-state index in [2.05, 4.69) is 24.1 Å². The Morgan fingerprint density at radius 2 is 2.00 bits per heavy atom. The van der Waals surface area contributed by atoms with Crippen LogP contribution in [0.3, 0.4) is 0 Å². The molecule has 0 radical (unpaired) electrons. The lowest BCUT2D eigenvalue weighted by Gasteiger charge is -2.34. The molecule has 3 saturated carbocycles. The van der Waals surface area contributed by atoms with Gasteiger partial charge in [-0.3, -0.25) is 9.69 Å². The summed E-state index contributed by atoms with van der Waals surface area (Å²) in [6.45, 7) is 5.77. The fourth-order valence-corrected chi connectivity index (χ4v) is 3.73. The van der Waals surface area contributed by atoms with E-state index in [-0.39, 0.29) is 5.91 Å². The van der Waals surface area contributed by atoms with E-state index >= 15 is 0 Å². The van der Waals surface area contributed by atoms with Gasteiger partial charge >= 0.3 is 0 Å². The summed E-state index contributed by atoms with van der Waals surface area (Å²) in [5, 5.41) is 3.56. The molecule has 2 atom stereocenters. The van der Waals surface area contributed by atoms with E-state index in [9.17, 15) is 4.79 Å². The smallest absolute Gasteiger partial charge is 0.237 e. The SMILES string of the molecule is CC(C)N(CC1CC1)C1CCC(NC2CC2)(C(N)=O)C1. The van der Waals surface area contributed by atoms with Crippen LogP contribution in [0.4, 0.5) is 0 Å². The number of carbonyl (C=O) groups excluding carboxylic acids is 1. The molecular formula is C16H29N3O. The molecule has 2 unspecified atom stereocenters. The largest absolute Gasteiger partial charge is 0.368 e. The average Bonchev–Trinajstić information content (AvgIpc) is 3.28. The van der Waals surface area contributed by atoms with Crippen LogP contribution in [0.15, 0.2) is 0 Å². The van der Waals surface area contributed by atoms with Crippen LogP contribution in [-0.2, 0) is 4.79 Å². The second kappa shape index (κ2) is 5.30. The van der Waals surface area contributed by atoms with E-state index in [0.29, 0.717) is 18.1 Å². The zero-order valence-electron chi connectivity index (χ0n) is 12.9. The van der Waals surface area contributed by atoms with Gasteiger partial charge in [-0.25, -0.2) is 0 Å². The van der Waals surface area contributed by atoms with Crippen LogP contribution in [0.25, 0.3) is 0 Å². The summed E-state index contributed by atoms with van der Waals surface area (Å²) in [4.78, 5) is 14.6. The van der Waals surface area contributed by atoms with E-state index in [1.807, 2.05) is 0 Å². The van der Waals surface area contributed by atoms with Gasteiger partial charge in [0.05, 0.1) is 5.54 Å². The number of carbonyl (C=O) groups is 1. The van der Waals surface area contributed by atoms with Gasteiger partial charge in [0.25, 0.3) is 0 Å². The molecule has 3 N–H and O–H groups in total. The molecule has 0 bridgehead atoms. The summed E-state index contributed by atoms with van der Waals surface area (Å²) in [5.74, 6) is 0.763. The molecule has 3 fully saturated rings. The van der Waals surface area contributed by atoms with Crippen LogP contribution in [0.5, 0.6) is 0 Å². The van der Waals surface area contributed by atoms with Gasteiger partial charge in [-0.2, -0.15) is 0 Å². The van der Waals surface area contributed by atoms with Gasteiger partial charge in [0, 0.05) is 24.7 Å². The van der Waals surface area contributed by atoms with E-state index < -0.39 is 5.54 Å². The van der Waals surface area contributed by atoms with Crippen LogP contribution in [0, 0.1) is 5.92 Å². The van der Waals surface area contributed by atoms with Crippen molar-refractivity contribution in [2.24, 2.45) is 11.7 Å². The molecule has 0 aromatic rings. The van der Waals surface area contributed by atoms with Crippen LogP contribution >= 0.6 is 0 Å². The summed E-state index contributed by atoms with van der Waals surface area (Å²) in [6, 6.07) is 1.62. The fourth-order valence-electron chi connectivity index (χ4n) is 3.73. The predicted molar refractivity (Wildman–Crippen MR) is 80.3 cm³/mol. The van der Waals surface area contributed by atoms with Crippen molar-refractivity contribution >= 4 is 5.91 Å². The third kappa shape index (κ3) is 3.01. The Morgan fingerprint density at radius 1 is 1.30 bits per heavy atom. The third-order valence-corrected chi connectivity index (χ3v) is 5.32. The minimum atomic E-state index is -0.428. The van der Waals surface area contributed by atoms with Crippen molar-refractivity contribution in [2.45, 2.75) is 82.5 Å². The maximum Gasteiger partial charge on any atom is 0.237 e. The molecule has 0 spiro atoms. The highest BCUT2D eigenvalue weighted by molar-refractivity contribution is 5.85. The first-order chi connectivity index (χ1) is 9.50. The van der Waals surface area contributed by atoms with Gasteiger partial charge < -0.3 is 11.1 Å². The molecule has 4 nitrogen and oxygen atoms in total. The first-order valence-electron chi connectivity index (χ1n) is 8.33. The second-order valence-corrected chi connectivity index (χ2v) is 7.50. The van der Waals surface area contributed by atoms with Gasteiger partial charge in [-0.1, -0.05) is 0 Å². The van der Waals surface area contributed by atoms with Crippen molar-refractivity contribution < 1.29 is 4.79 Å². The Kier molecular flexibility index (Phi) is 3.80. The van der Waals surface area contributed by atoms with E-state index in [1.165, 1.54) is 32.2 Å². The van der Waals surface area contributed by atoms with Crippen LogP contribution in [0.2, 0.25) is 0 Å². The fraction of sp³-hybridized carbons (Fsp3) is 0.938. The molecule has 3 aliphatic carbocycles. The highest BCUT2D eigenvalue weighted by atomic mass is 16.1. The molecule has 1 amide bonds. The van der Waals surface area contributed by atoms with Crippen molar-refractivity contribution in [3.63, 3.8) is 0 Å². The van der Waals surface area contributed by atoms with E-state index in [4.69, 9.17) is 5.73 Å². The number of nitrogens with zero attached hydrogens (tertiary/aromatic N) is 1. The van der Waals surface area contributed by atoms with Crippen molar-refractivity contribution in [3.8, 4) is 0 Å². The molecule has 3 aliphatic rings. The Bertz CT molecular complexity index is 376. The Hall–Kier alpha value is -0.610. The number of hydrogen-bond donors (Lipinski definition) is 2. The second-order valence-electron chi connectivity index (χ2n) is 7.50.